The summed E-state index contributed by atoms with van der Waals surface area (Å²) < 4.78 is 35.0. The predicted molar refractivity (Wildman–Crippen MR) is 120 cm³/mol. The second-order valence-electron chi connectivity index (χ2n) is 8.79. The third kappa shape index (κ3) is 5.09. The highest BCUT2D eigenvalue weighted by atomic mass is 35.5. The quantitative estimate of drug-likeness (QED) is 0.448. The first-order chi connectivity index (χ1) is 15.2. The number of aromatic carboxylic acids is 1. The van der Waals surface area contributed by atoms with Gasteiger partial charge in [0, 0.05) is 29.2 Å². The van der Waals surface area contributed by atoms with Crippen LogP contribution in [-0.2, 0) is 11.3 Å². The minimum Gasteiger partial charge on any atom is -0.478 e. The summed E-state index contributed by atoms with van der Waals surface area (Å²) in [6.45, 7) is 2.41. The highest BCUT2D eigenvalue weighted by molar-refractivity contribution is 6.34. The number of halogens is 4. The molecule has 2 aliphatic rings. The molecule has 32 heavy (non-hydrogen) atoms. The summed E-state index contributed by atoms with van der Waals surface area (Å²) in [5.41, 5.74) is 0.510. The van der Waals surface area contributed by atoms with Gasteiger partial charge < -0.3 is 9.84 Å². The van der Waals surface area contributed by atoms with Crippen LogP contribution in [0.3, 0.4) is 0 Å². The summed E-state index contributed by atoms with van der Waals surface area (Å²) in [5.74, 6) is -1.86. The van der Waals surface area contributed by atoms with E-state index in [1.165, 1.54) is 12.1 Å². The number of alkyl halides is 1. The lowest BCUT2D eigenvalue weighted by molar-refractivity contribution is -0.107. The van der Waals surface area contributed by atoms with Crippen molar-refractivity contribution in [1.29, 1.82) is 0 Å². The van der Waals surface area contributed by atoms with Crippen LogP contribution in [0.15, 0.2) is 30.3 Å². The van der Waals surface area contributed by atoms with Crippen LogP contribution in [0.4, 0.5) is 8.78 Å². The summed E-state index contributed by atoms with van der Waals surface area (Å²) in [7, 11) is 0. The van der Waals surface area contributed by atoms with Crippen molar-refractivity contribution in [3.8, 4) is 0 Å². The first-order valence-electron chi connectivity index (χ1n) is 10.7. The van der Waals surface area contributed by atoms with Gasteiger partial charge in [-0.05, 0) is 72.2 Å². The zero-order valence-corrected chi connectivity index (χ0v) is 19.2. The lowest BCUT2D eigenvalue weighted by atomic mass is 9.91. The number of carbonyl (C=O) groups is 1. The molecule has 8 heteroatoms. The molecule has 172 valence electrons. The number of nitrogens with zero attached hydrogens (tertiary/aromatic N) is 1. The molecule has 1 saturated carbocycles. The number of benzene rings is 2. The minimum atomic E-state index is -1.49. The number of likely N-dealkylation sites (tertiary alicyclic amines) is 1. The normalized spacial score (nSPS) is 18.9. The zero-order valence-electron chi connectivity index (χ0n) is 17.7. The van der Waals surface area contributed by atoms with Crippen LogP contribution in [0.25, 0.3) is 0 Å². The van der Waals surface area contributed by atoms with E-state index in [0.717, 1.165) is 30.4 Å². The first-order valence-corrected chi connectivity index (χ1v) is 11.5. The van der Waals surface area contributed by atoms with Crippen molar-refractivity contribution in [3.05, 3.63) is 68.4 Å². The van der Waals surface area contributed by atoms with E-state index in [1.54, 1.807) is 6.07 Å². The maximum atomic E-state index is 15.2. The molecule has 1 N–H and O–H groups in total. The third-order valence-corrected chi connectivity index (χ3v) is 6.60. The van der Waals surface area contributed by atoms with Gasteiger partial charge in [-0.2, -0.15) is 0 Å². The van der Waals surface area contributed by atoms with Gasteiger partial charge in [-0.25, -0.2) is 13.6 Å². The first kappa shape index (κ1) is 23.4. The molecule has 2 fully saturated rings. The standard InChI is InChI=1S/C24H25Cl2F2NO3/c1-2-22(15-5-17(25)8-18(26)6-15)29-11-24(28,12-29)13-32-10-16-7-21(27)20(23(30)31)9-19(16)14-3-4-14/h5-9,14,22H,2-4,10-13H2,1H3,(H,30,31)/t22-/m1/s1. The second kappa shape index (κ2) is 9.26. The third-order valence-electron chi connectivity index (χ3n) is 6.16. The van der Waals surface area contributed by atoms with Crippen molar-refractivity contribution < 1.29 is 23.4 Å². The largest absolute Gasteiger partial charge is 0.478 e. The van der Waals surface area contributed by atoms with Crippen molar-refractivity contribution in [3.63, 3.8) is 0 Å². The van der Waals surface area contributed by atoms with Crippen molar-refractivity contribution in [2.75, 3.05) is 19.7 Å². The van der Waals surface area contributed by atoms with Crippen LogP contribution in [0.1, 0.15) is 65.2 Å². The average Bonchev–Trinajstić information content (AvgIpc) is 3.51. The van der Waals surface area contributed by atoms with E-state index in [9.17, 15) is 9.18 Å². The van der Waals surface area contributed by atoms with Gasteiger partial charge in [0.05, 0.1) is 18.8 Å². The summed E-state index contributed by atoms with van der Waals surface area (Å²) >= 11 is 12.2. The topological polar surface area (TPSA) is 49.8 Å². The van der Waals surface area contributed by atoms with E-state index in [-0.39, 0.29) is 43.8 Å². The molecule has 4 nitrogen and oxygen atoms in total. The van der Waals surface area contributed by atoms with Crippen LogP contribution >= 0.6 is 23.2 Å². The summed E-state index contributed by atoms with van der Waals surface area (Å²) in [4.78, 5) is 13.3. The van der Waals surface area contributed by atoms with Gasteiger partial charge >= 0.3 is 5.97 Å². The fraction of sp³-hybridized carbons (Fsp3) is 0.458. The Balaban J connectivity index is 1.36. The SMILES string of the molecule is CC[C@H](c1cc(Cl)cc(Cl)c1)N1CC(F)(COCc2cc(F)c(C(=O)O)cc2C2CC2)C1. The number of carboxylic acids is 1. The van der Waals surface area contributed by atoms with E-state index >= 15 is 4.39 Å². The average molecular weight is 484 g/mol. The number of hydrogen-bond acceptors (Lipinski definition) is 3. The van der Waals surface area contributed by atoms with E-state index in [1.807, 2.05) is 24.0 Å². The maximum absolute atomic E-state index is 15.2. The van der Waals surface area contributed by atoms with E-state index < -0.39 is 17.5 Å². The molecule has 0 amide bonds. The molecule has 2 aromatic carbocycles. The van der Waals surface area contributed by atoms with Gasteiger partial charge in [-0.1, -0.05) is 30.1 Å². The Morgan fingerprint density at radius 3 is 2.44 bits per heavy atom. The van der Waals surface area contributed by atoms with Crippen molar-refractivity contribution in [2.45, 2.75) is 50.4 Å². The molecule has 0 bridgehead atoms. The monoisotopic (exact) mass is 483 g/mol. The fourth-order valence-corrected chi connectivity index (χ4v) is 5.05. The van der Waals surface area contributed by atoms with Crippen LogP contribution in [0.2, 0.25) is 10.0 Å². The van der Waals surface area contributed by atoms with Gasteiger partial charge in [-0.3, -0.25) is 4.90 Å². The number of carboxylic acid groups (broad SMARTS) is 1. The van der Waals surface area contributed by atoms with Crippen molar-refractivity contribution in [2.24, 2.45) is 0 Å². The zero-order chi connectivity index (χ0) is 23.0. The molecular formula is C24H25Cl2F2NO3. The van der Waals surface area contributed by atoms with Crippen LogP contribution in [0, 0.1) is 5.82 Å². The molecule has 1 heterocycles. The summed E-state index contributed by atoms with van der Waals surface area (Å²) in [6.07, 6.45) is 2.66. The Bertz CT molecular complexity index is 1000. The minimum absolute atomic E-state index is 0.00852. The van der Waals surface area contributed by atoms with Gasteiger partial charge in [0.15, 0.2) is 5.67 Å². The van der Waals surface area contributed by atoms with E-state index in [4.69, 9.17) is 33.0 Å². The molecule has 2 aromatic rings. The second-order valence-corrected chi connectivity index (χ2v) is 9.66. The molecule has 1 aliphatic carbocycles. The van der Waals surface area contributed by atoms with Gasteiger partial charge in [0.1, 0.15) is 5.82 Å². The molecule has 0 aromatic heterocycles. The fourth-order valence-electron chi connectivity index (χ4n) is 4.50. The van der Waals surface area contributed by atoms with E-state index in [2.05, 4.69) is 0 Å². The Morgan fingerprint density at radius 1 is 1.22 bits per heavy atom. The summed E-state index contributed by atoms with van der Waals surface area (Å²) in [5, 5.41) is 10.3. The van der Waals surface area contributed by atoms with Crippen molar-refractivity contribution in [1.82, 2.24) is 4.90 Å². The van der Waals surface area contributed by atoms with Crippen LogP contribution in [-0.4, -0.2) is 41.3 Å². The predicted octanol–water partition coefficient (Wildman–Crippen LogP) is 6.40. The molecule has 0 unspecified atom stereocenters. The van der Waals surface area contributed by atoms with Gasteiger partial charge in [-0.15, -0.1) is 0 Å². The molecule has 1 saturated heterocycles. The number of rotatable bonds is 9. The highest BCUT2D eigenvalue weighted by Crippen LogP contribution is 2.43. The van der Waals surface area contributed by atoms with Gasteiger partial charge in [0.2, 0.25) is 0 Å². The highest BCUT2D eigenvalue weighted by Gasteiger charge is 2.46. The van der Waals surface area contributed by atoms with Crippen molar-refractivity contribution >= 4 is 29.2 Å². The Kier molecular flexibility index (Phi) is 6.78. The number of ether oxygens (including phenoxy) is 1. The maximum Gasteiger partial charge on any atom is 0.338 e. The summed E-state index contributed by atoms with van der Waals surface area (Å²) in [6, 6.07) is 7.99. The molecule has 1 atom stereocenters. The number of hydrogen-bond donors (Lipinski definition) is 1. The molecule has 4 rings (SSSR count). The Labute approximate surface area is 196 Å². The Hall–Kier alpha value is -1.73. The molecule has 1 aliphatic heterocycles. The molecular weight excluding hydrogens is 459 g/mol. The molecule has 0 spiro atoms. The van der Waals surface area contributed by atoms with Crippen LogP contribution < -0.4 is 0 Å². The lowest BCUT2D eigenvalue weighted by Crippen LogP contribution is -2.62. The smallest absolute Gasteiger partial charge is 0.338 e. The van der Waals surface area contributed by atoms with E-state index in [0.29, 0.717) is 15.6 Å². The lowest BCUT2D eigenvalue weighted by Gasteiger charge is -2.48. The Morgan fingerprint density at radius 2 is 1.88 bits per heavy atom. The van der Waals surface area contributed by atoms with Crippen LogP contribution in [0.5, 0.6) is 0 Å². The molecule has 0 radical (unpaired) electrons. The van der Waals surface area contributed by atoms with Gasteiger partial charge in [0.25, 0.3) is 0 Å².